The highest BCUT2D eigenvalue weighted by molar-refractivity contribution is 8.00. The molecule has 2 N–H and O–H groups in total. The van der Waals surface area contributed by atoms with Crippen LogP contribution >= 0.6 is 11.8 Å². The molecule has 1 unspecified atom stereocenters. The Bertz CT molecular complexity index is 466. The van der Waals surface area contributed by atoms with Crippen molar-refractivity contribution in [1.29, 1.82) is 0 Å². The summed E-state index contributed by atoms with van der Waals surface area (Å²) in [6.07, 6.45) is 0. The zero-order chi connectivity index (χ0) is 15.3. The van der Waals surface area contributed by atoms with Crippen molar-refractivity contribution in [2.24, 2.45) is 5.92 Å². The number of anilines is 1. The molecule has 4 heteroatoms. The molecule has 0 aliphatic carbocycles. The van der Waals surface area contributed by atoms with E-state index in [1.54, 1.807) is 0 Å². The molecule has 1 rings (SSSR count). The second-order valence-electron chi connectivity index (χ2n) is 6.14. The third kappa shape index (κ3) is 5.55. The van der Waals surface area contributed by atoms with Crippen LogP contribution in [0.25, 0.3) is 0 Å². The molecule has 1 aromatic rings. The van der Waals surface area contributed by atoms with Gasteiger partial charge in [0, 0.05) is 27.8 Å². The van der Waals surface area contributed by atoms with E-state index in [2.05, 4.69) is 43.5 Å². The summed E-state index contributed by atoms with van der Waals surface area (Å²) in [6.45, 7) is 11.2. The largest absolute Gasteiger partial charge is 0.326 e. The zero-order valence-electron chi connectivity index (χ0n) is 13.3. The van der Waals surface area contributed by atoms with Gasteiger partial charge in [0.1, 0.15) is 0 Å². The molecule has 0 aliphatic heterocycles. The Kier molecular flexibility index (Phi) is 6.08. The van der Waals surface area contributed by atoms with Crippen LogP contribution in [0.3, 0.4) is 0 Å². The molecule has 0 aliphatic rings. The van der Waals surface area contributed by atoms with Gasteiger partial charge in [-0.15, -0.1) is 11.8 Å². The number of amides is 1. The highest BCUT2D eigenvalue weighted by Crippen LogP contribution is 2.33. The highest BCUT2D eigenvalue weighted by Gasteiger charge is 2.15. The van der Waals surface area contributed by atoms with Crippen LogP contribution in [0.5, 0.6) is 0 Å². The molecule has 0 heterocycles. The molecule has 0 fully saturated rings. The Morgan fingerprint density at radius 2 is 2.00 bits per heavy atom. The molecule has 20 heavy (non-hydrogen) atoms. The van der Waals surface area contributed by atoms with E-state index in [4.69, 9.17) is 0 Å². The summed E-state index contributed by atoms with van der Waals surface area (Å²) >= 11 is 1.83. The lowest BCUT2D eigenvalue weighted by molar-refractivity contribution is -0.119. The number of rotatable bonds is 5. The number of hydrogen-bond acceptors (Lipinski definition) is 3. The van der Waals surface area contributed by atoms with E-state index in [1.807, 2.05) is 38.7 Å². The lowest BCUT2D eigenvalue weighted by atomic mass is 10.1. The SMILES string of the molecule is CNCC(C)C(=O)Nc1ccc(SC(C)(C)C)cc1C. The van der Waals surface area contributed by atoms with E-state index in [1.165, 1.54) is 4.90 Å². The molecule has 3 nitrogen and oxygen atoms in total. The van der Waals surface area contributed by atoms with Crippen molar-refractivity contribution >= 4 is 23.4 Å². The third-order valence-corrected chi connectivity index (χ3v) is 3.94. The lowest BCUT2D eigenvalue weighted by Gasteiger charge is -2.19. The van der Waals surface area contributed by atoms with Crippen molar-refractivity contribution in [3.63, 3.8) is 0 Å². The van der Waals surface area contributed by atoms with Crippen LogP contribution in [-0.4, -0.2) is 24.2 Å². The topological polar surface area (TPSA) is 41.1 Å². The molecule has 1 aromatic carbocycles. The van der Waals surface area contributed by atoms with E-state index >= 15 is 0 Å². The predicted molar refractivity (Wildman–Crippen MR) is 88.5 cm³/mol. The van der Waals surface area contributed by atoms with Gasteiger partial charge in [-0.3, -0.25) is 4.79 Å². The van der Waals surface area contributed by atoms with Crippen molar-refractivity contribution in [2.75, 3.05) is 18.9 Å². The van der Waals surface area contributed by atoms with Crippen molar-refractivity contribution in [3.8, 4) is 0 Å². The Morgan fingerprint density at radius 3 is 2.50 bits per heavy atom. The van der Waals surface area contributed by atoms with Crippen LogP contribution in [0, 0.1) is 12.8 Å². The quantitative estimate of drug-likeness (QED) is 0.814. The van der Waals surface area contributed by atoms with Gasteiger partial charge in [-0.25, -0.2) is 0 Å². The summed E-state index contributed by atoms with van der Waals surface area (Å²) < 4.78 is 0.193. The maximum absolute atomic E-state index is 12.0. The van der Waals surface area contributed by atoms with Gasteiger partial charge < -0.3 is 10.6 Å². The number of carbonyl (C=O) groups excluding carboxylic acids is 1. The van der Waals surface area contributed by atoms with Gasteiger partial charge >= 0.3 is 0 Å². The van der Waals surface area contributed by atoms with Crippen molar-refractivity contribution in [3.05, 3.63) is 23.8 Å². The molecule has 0 saturated carbocycles. The zero-order valence-corrected chi connectivity index (χ0v) is 14.1. The minimum atomic E-state index is -0.0389. The maximum atomic E-state index is 12.0. The monoisotopic (exact) mass is 294 g/mol. The van der Waals surface area contributed by atoms with Crippen LogP contribution in [-0.2, 0) is 4.79 Å². The van der Waals surface area contributed by atoms with Gasteiger partial charge in [-0.1, -0.05) is 27.7 Å². The minimum Gasteiger partial charge on any atom is -0.326 e. The van der Waals surface area contributed by atoms with Gasteiger partial charge in [0.2, 0.25) is 5.91 Å². The van der Waals surface area contributed by atoms with Crippen LogP contribution in [0.4, 0.5) is 5.69 Å². The fraction of sp³-hybridized carbons (Fsp3) is 0.562. The molecule has 0 spiro atoms. The first-order valence-electron chi connectivity index (χ1n) is 6.98. The number of aryl methyl sites for hydroxylation is 1. The second kappa shape index (κ2) is 7.14. The summed E-state index contributed by atoms with van der Waals surface area (Å²) in [6, 6.07) is 6.20. The summed E-state index contributed by atoms with van der Waals surface area (Å²) in [4.78, 5) is 13.2. The minimum absolute atomic E-state index is 0.0389. The van der Waals surface area contributed by atoms with E-state index in [0.717, 1.165) is 11.3 Å². The third-order valence-electron chi connectivity index (χ3n) is 2.84. The predicted octanol–water partition coefficient (Wildman–Crippen LogP) is 3.68. The molecule has 0 aromatic heterocycles. The van der Waals surface area contributed by atoms with Crippen LogP contribution in [0.15, 0.2) is 23.1 Å². The van der Waals surface area contributed by atoms with Gasteiger partial charge in [-0.2, -0.15) is 0 Å². The normalized spacial score (nSPS) is 13.1. The molecule has 1 amide bonds. The number of benzene rings is 1. The summed E-state index contributed by atoms with van der Waals surface area (Å²) in [5.74, 6) is 0.0155. The van der Waals surface area contributed by atoms with Gasteiger partial charge in [0.15, 0.2) is 0 Å². The first-order valence-corrected chi connectivity index (χ1v) is 7.79. The number of nitrogens with one attached hydrogen (secondary N) is 2. The molecule has 112 valence electrons. The van der Waals surface area contributed by atoms with Crippen molar-refractivity contribution in [1.82, 2.24) is 5.32 Å². The van der Waals surface area contributed by atoms with Crippen LogP contribution < -0.4 is 10.6 Å². The smallest absolute Gasteiger partial charge is 0.228 e. The molecular formula is C16H26N2OS. The van der Waals surface area contributed by atoms with Gasteiger partial charge in [0.25, 0.3) is 0 Å². The standard InChI is InChI=1S/C16H26N2OS/c1-11-9-13(20-16(3,4)5)7-8-14(11)18-15(19)12(2)10-17-6/h7-9,12,17H,10H2,1-6H3,(H,18,19). The average Bonchev–Trinajstić information content (AvgIpc) is 2.30. The number of carbonyl (C=O) groups is 1. The molecule has 1 atom stereocenters. The fourth-order valence-electron chi connectivity index (χ4n) is 1.85. The fourth-order valence-corrected chi connectivity index (χ4v) is 2.93. The first-order chi connectivity index (χ1) is 9.23. The van der Waals surface area contributed by atoms with E-state index in [9.17, 15) is 4.79 Å². The molecule has 0 saturated heterocycles. The van der Waals surface area contributed by atoms with Crippen LogP contribution in [0.1, 0.15) is 33.3 Å². The Labute approximate surface area is 126 Å². The van der Waals surface area contributed by atoms with Crippen LogP contribution in [0.2, 0.25) is 0 Å². The highest BCUT2D eigenvalue weighted by atomic mass is 32.2. The Hall–Kier alpha value is -1.00. The average molecular weight is 294 g/mol. The van der Waals surface area contributed by atoms with Gasteiger partial charge in [-0.05, 0) is 37.7 Å². The lowest BCUT2D eigenvalue weighted by Crippen LogP contribution is -2.28. The second-order valence-corrected chi connectivity index (χ2v) is 8.04. The van der Waals surface area contributed by atoms with E-state index < -0.39 is 0 Å². The molecule has 0 radical (unpaired) electrons. The first kappa shape index (κ1) is 17.1. The summed E-state index contributed by atoms with van der Waals surface area (Å²) in [5.41, 5.74) is 2.00. The number of hydrogen-bond donors (Lipinski definition) is 2. The Balaban J connectivity index is 2.76. The molecular weight excluding hydrogens is 268 g/mol. The van der Waals surface area contributed by atoms with E-state index in [-0.39, 0.29) is 16.6 Å². The summed E-state index contributed by atoms with van der Waals surface area (Å²) in [5, 5.41) is 6.02. The summed E-state index contributed by atoms with van der Waals surface area (Å²) in [7, 11) is 1.85. The Morgan fingerprint density at radius 1 is 1.35 bits per heavy atom. The van der Waals surface area contributed by atoms with E-state index in [0.29, 0.717) is 6.54 Å². The number of thioether (sulfide) groups is 1. The van der Waals surface area contributed by atoms with Crippen molar-refractivity contribution < 1.29 is 4.79 Å². The van der Waals surface area contributed by atoms with Gasteiger partial charge in [0.05, 0.1) is 0 Å². The maximum Gasteiger partial charge on any atom is 0.228 e. The van der Waals surface area contributed by atoms with Crippen molar-refractivity contribution in [2.45, 2.75) is 44.3 Å². The molecule has 0 bridgehead atoms.